The molecule has 82 valence electrons. The molecule has 0 radical (unpaired) electrons. The molecule has 1 atom stereocenters. The Hall–Kier alpha value is -1.76. The van der Waals surface area contributed by atoms with Gasteiger partial charge in [0.2, 0.25) is 0 Å². The SMILES string of the molecule is NC(C(=O)O)c1c(F)c(O)cc(F)c1F. The monoisotopic (exact) mass is 221 g/mol. The summed E-state index contributed by atoms with van der Waals surface area (Å²) in [6.45, 7) is 0. The molecule has 0 saturated carbocycles. The summed E-state index contributed by atoms with van der Waals surface area (Å²) in [5.41, 5.74) is 3.71. The number of benzene rings is 1. The van der Waals surface area contributed by atoms with E-state index in [9.17, 15) is 18.0 Å². The normalized spacial score (nSPS) is 12.5. The maximum absolute atomic E-state index is 13.1. The topological polar surface area (TPSA) is 83.6 Å². The number of phenols is 1. The Morgan fingerprint density at radius 3 is 2.33 bits per heavy atom. The highest BCUT2D eigenvalue weighted by Crippen LogP contribution is 2.28. The molecule has 0 aliphatic rings. The van der Waals surface area contributed by atoms with Crippen molar-refractivity contribution in [3.8, 4) is 5.75 Å². The number of halogens is 3. The van der Waals surface area contributed by atoms with Crippen LogP contribution in [0.5, 0.6) is 5.75 Å². The van der Waals surface area contributed by atoms with Crippen LogP contribution in [0, 0.1) is 17.5 Å². The van der Waals surface area contributed by atoms with Gasteiger partial charge in [0.05, 0.1) is 5.56 Å². The van der Waals surface area contributed by atoms with Crippen molar-refractivity contribution in [2.45, 2.75) is 6.04 Å². The fourth-order valence-corrected chi connectivity index (χ4v) is 1.01. The molecule has 0 aliphatic carbocycles. The highest BCUT2D eigenvalue weighted by molar-refractivity contribution is 5.75. The minimum Gasteiger partial charge on any atom is -0.505 e. The van der Waals surface area contributed by atoms with E-state index in [1.807, 2.05) is 0 Å². The van der Waals surface area contributed by atoms with Crippen LogP contribution < -0.4 is 5.73 Å². The van der Waals surface area contributed by atoms with E-state index >= 15 is 0 Å². The van der Waals surface area contributed by atoms with E-state index in [0.29, 0.717) is 0 Å². The van der Waals surface area contributed by atoms with Crippen LogP contribution in [0.15, 0.2) is 6.07 Å². The molecule has 0 heterocycles. The minimum absolute atomic E-state index is 0.197. The predicted molar refractivity (Wildman–Crippen MR) is 42.5 cm³/mol. The van der Waals surface area contributed by atoms with Crippen LogP contribution in [-0.2, 0) is 4.79 Å². The third-order valence-corrected chi connectivity index (χ3v) is 1.75. The molecule has 1 aromatic carbocycles. The van der Waals surface area contributed by atoms with Gasteiger partial charge in [-0.1, -0.05) is 0 Å². The van der Waals surface area contributed by atoms with Crippen molar-refractivity contribution in [1.82, 2.24) is 0 Å². The van der Waals surface area contributed by atoms with Crippen molar-refractivity contribution in [1.29, 1.82) is 0 Å². The summed E-state index contributed by atoms with van der Waals surface area (Å²) in [7, 11) is 0. The second kappa shape index (κ2) is 3.77. The van der Waals surface area contributed by atoms with Crippen LogP contribution in [0.3, 0.4) is 0 Å². The van der Waals surface area contributed by atoms with E-state index in [2.05, 4.69) is 0 Å². The molecule has 0 saturated heterocycles. The van der Waals surface area contributed by atoms with Crippen molar-refractivity contribution in [3.05, 3.63) is 29.1 Å². The Bertz CT molecular complexity index is 396. The number of rotatable bonds is 2. The number of carboxylic acids is 1. The first-order chi connectivity index (χ1) is 6.86. The Labute approximate surface area is 81.7 Å². The van der Waals surface area contributed by atoms with Gasteiger partial charge in [0.25, 0.3) is 0 Å². The molecule has 0 aliphatic heterocycles. The van der Waals surface area contributed by atoms with E-state index in [4.69, 9.17) is 15.9 Å². The summed E-state index contributed by atoms with van der Waals surface area (Å²) in [6.07, 6.45) is 0. The van der Waals surface area contributed by atoms with Crippen molar-refractivity contribution >= 4 is 5.97 Å². The van der Waals surface area contributed by atoms with Gasteiger partial charge in [-0.2, -0.15) is 0 Å². The molecule has 1 unspecified atom stereocenters. The quantitative estimate of drug-likeness (QED) is 0.647. The van der Waals surface area contributed by atoms with Gasteiger partial charge in [0, 0.05) is 6.07 Å². The number of hydrogen-bond acceptors (Lipinski definition) is 3. The van der Waals surface area contributed by atoms with Gasteiger partial charge in [0.1, 0.15) is 6.04 Å². The van der Waals surface area contributed by atoms with Gasteiger partial charge >= 0.3 is 5.97 Å². The lowest BCUT2D eigenvalue weighted by Crippen LogP contribution is -2.23. The molecule has 0 bridgehead atoms. The molecular weight excluding hydrogens is 215 g/mol. The Balaban J connectivity index is 3.45. The number of hydrogen-bond donors (Lipinski definition) is 3. The number of phenolic OH excluding ortho intramolecular Hbond substituents is 1. The van der Waals surface area contributed by atoms with Gasteiger partial charge in [-0.25, -0.2) is 13.2 Å². The highest BCUT2D eigenvalue weighted by atomic mass is 19.2. The van der Waals surface area contributed by atoms with Crippen molar-refractivity contribution < 1.29 is 28.2 Å². The number of aliphatic carboxylic acids is 1. The zero-order valence-electron chi connectivity index (χ0n) is 7.17. The van der Waals surface area contributed by atoms with Crippen LogP contribution >= 0.6 is 0 Å². The molecule has 4 nitrogen and oxygen atoms in total. The standard InChI is InChI=1S/C8H6F3NO3/c9-2-1-3(13)6(11)4(5(2)10)7(12)8(14)15/h1,7,13H,12H2,(H,14,15). The summed E-state index contributed by atoms with van der Waals surface area (Å²) < 4.78 is 38.7. The summed E-state index contributed by atoms with van der Waals surface area (Å²) in [5, 5.41) is 17.2. The first-order valence-electron chi connectivity index (χ1n) is 3.71. The predicted octanol–water partition coefficient (Wildman–Crippen LogP) is 0.894. The molecule has 7 heteroatoms. The largest absolute Gasteiger partial charge is 0.505 e. The molecule has 0 aromatic heterocycles. The molecule has 0 amide bonds. The van der Waals surface area contributed by atoms with Gasteiger partial charge < -0.3 is 15.9 Å². The number of nitrogens with two attached hydrogens (primary N) is 1. The Morgan fingerprint density at radius 1 is 1.33 bits per heavy atom. The zero-order chi connectivity index (χ0) is 11.7. The number of carboxylic acid groups (broad SMARTS) is 1. The molecule has 4 N–H and O–H groups in total. The highest BCUT2D eigenvalue weighted by Gasteiger charge is 2.27. The van der Waals surface area contributed by atoms with Crippen molar-refractivity contribution in [2.24, 2.45) is 5.73 Å². The lowest BCUT2D eigenvalue weighted by molar-refractivity contribution is -0.138. The molecular formula is C8H6F3NO3. The summed E-state index contributed by atoms with van der Waals surface area (Å²) in [4.78, 5) is 10.4. The average molecular weight is 221 g/mol. The van der Waals surface area contributed by atoms with Crippen LogP contribution in [0.1, 0.15) is 11.6 Å². The van der Waals surface area contributed by atoms with Crippen LogP contribution in [0.4, 0.5) is 13.2 Å². The molecule has 1 rings (SSSR count). The third kappa shape index (κ3) is 1.86. The minimum atomic E-state index is -2.08. The van der Waals surface area contributed by atoms with Crippen LogP contribution in [-0.4, -0.2) is 16.2 Å². The molecule has 0 spiro atoms. The van der Waals surface area contributed by atoms with Crippen LogP contribution in [0.25, 0.3) is 0 Å². The molecule has 0 fully saturated rings. The van der Waals surface area contributed by atoms with E-state index < -0.39 is 40.8 Å². The smallest absolute Gasteiger partial charge is 0.325 e. The molecule has 1 aromatic rings. The molecule has 15 heavy (non-hydrogen) atoms. The zero-order valence-corrected chi connectivity index (χ0v) is 7.17. The Morgan fingerprint density at radius 2 is 1.87 bits per heavy atom. The summed E-state index contributed by atoms with van der Waals surface area (Å²) in [6, 6.07) is -1.88. The second-order valence-corrected chi connectivity index (χ2v) is 2.74. The van der Waals surface area contributed by atoms with Gasteiger partial charge in [0.15, 0.2) is 23.2 Å². The van der Waals surface area contributed by atoms with E-state index in [-0.39, 0.29) is 6.07 Å². The second-order valence-electron chi connectivity index (χ2n) is 2.74. The fourth-order valence-electron chi connectivity index (χ4n) is 1.01. The first-order valence-corrected chi connectivity index (χ1v) is 3.71. The third-order valence-electron chi connectivity index (χ3n) is 1.75. The lowest BCUT2D eigenvalue weighted by atomic mass is 10.1. The number of aromatic hydroxyl groups is 1. The first kappa shape index (κ1) is 11.3. The maximum atomic E-state index is 13.1. The fraction of sp³-hybridized carbons (Fsp3) is 0.125. The summed E-state index contributed by atoms with van der Waals surface area (Å²) in [5.74, 6) is -7.80. The van der Waals surface area contributed by atoms with E-state index in [0.717, 1.165) is 0 Å². The van der Waals surface area contributed by atoms with Crippen molar-refractivity contribution in [2.75, 3.05) is 0 Å². The van der Waals surface area contributed by atoms with Gasteiger partial charge in [-0.3, -0.25) is 4.79 Å². The van der Waals surface area contributed by atoms with E-state index in [1.165, 1.54) is 0 Å². The Kier molecular flexibility index (Phi) is 2.85. The number of carbonyl (C=O) groups is 1. The lowest BCUT2D eigenvalue weighted by Gasteiger charge is -2.10. The van der Waals surface area contributed by atoms with Crippen LogP contribution in [0.2, 0.25) is 0 Å². The van der Waals surface area contributed by atoms with Gasteiger partial charge in [-0.15, -0.1) is 0 Å². The average Bonchev–Trinajstić information content (AvgIpc) is 2.15. The maximum Gasteiger partial charge on any atom is 0.325 e. The van der Waals surface area contributed by atoms with Gasteiger partial charge in [-0.05, 0) is 0 Å². The van der Waals surface area contributed by atoms with Crippen molar-refractivity contribution in [3.63, 3.8) is 0 Å². The summed E-state index contributed by atoms with van der Waals surface area (Å²) >= 11 is 0. The van der Waals surface area contributed by atoms with E-state index in [1.54, 1.807) is 0 Å².